The zero-order valence-electron chi connectivity index (χ0n) is 18.4. The molecule has 0 bridgehead atoms. The van der Waals surface area contributed by atoms with Crippen LogP contribution in [-0.2, 0) is 0 Å². The number of unbranched alkanes of at least 4 members (excludes halogenated alkanes) is 16. The fraction of sp³-hybridized carbons (Fsp3) is 1.00. The summed E-state index contributed by atoms with van der Waals surface area (Å²) in [7, 11) is 0. The quantitative estimate of drug-likeness (QED) is 0.180. The van der Waals surface area contributed by atoms with Crippen molar-refractivity contribution in [2.24, 2.45) is 5.92 Å². The molecule has 0 nitrogen and oxygen atoms in total. The Labute approximate surface area is 161 Å². The van der Waals surface area contributed by atoms with Gasteiger partial charge in [-0.05, 0) is 5.92 Å². The maximum Gasteiger partial charge on any atom is -0.0417 e. The van der Waals surface area contributed by atoms with Crippen molar-refractivity contribution < 1.29 is 0 Å². The normalized spacial score (nSPS) is 12.6. The smallest absolute Gasteiger partial charge is 0.0417 e. The predicted molar refractivity (Wildman–Crippen MR) is 117 cm³/mol. The Bertz CT molecular complexity index is 220. The third kappa shape index (κ3) is 20.2. The molecule has 0 amide bonds. The summed E-state index contributed by atoms with van der Waals surface area (Å²) in [6, 6.07) is 0. The van der Waals surface area contributed by atoms with E-state index in [2.05, 4.69) is 20.8 Å². The lowest BCUT2D eigenvalue weighted by Crippen LogP contribution is -1.99. The third-order valence-electron chi connectivity index (χ3n) is 6.01. The second-order valence-electron chi connectivity index (χ2n) is 8.51. The van der Waals surface area contributed by atoms with Crippen molar-refractivity contribution in [3.8, 4) is 0 Å². The summed E-state index contributed by atoms with van der Waals surface area (Å²) in [5.41, 5.74) is 0. The van der Waals surface area contributed by atoms with Crippen molar-refractivity contribution in [2.75, 3.05) is 0 Å². The van der Waals surface area contributed by atoms with Crippen LogP contribution >= 0.6 is 0 Å². The lowest BCUT2D eigenvalue weighted by atomic mass is 9.92. The van der Waals surface area contributed by atoms with Gasteiger partial charge in [-0.3, -0.25) is 0 Å². The molecule has 0 aliphatic heterocycles. The van der Waals surface area contributed by atoms with Crippen LogP contribution in [0.4, 0.5) is 0 Å². The van der Waals surface area contributed by atoms with Crippen molar-refractivity contribution in [1.29, 1.82) is 0 Å². The molecule has 25 heavy (non-hydrogen) atoms. The van der Waals surface area contributed by atoms with Crippen LogP contribution in [0.15, 0.2) is 0 Å². The summed E-state index contributed by atoms with van der Waals surface area (Å²) in [6.45, 7) is 7.01. The Balaban J connectivity index is 3.19. The minimum Gasteiger partial charge on any atom is -0.0654 e. The van der Waals surface area contributed by atoms with Crippen LogP contribution in [0.3, 0.4) is 0 Å². The highest BCUT2D eigenvalue weighted by atomic mass is 14.1. The standard InChI is InChI=1S/C25H52/c1-4-7-9-11-12-13-14-15-16-17-18-19-20-22-24-25(6-3)23-21-10-8-5-2/h25H,4-24H2,1-3H3. The van der Waals surface area contributed by atoms with E-state index in [4.69, 9.17) is 0 Å². The fourth-order valence-electron chi connectivity index (χ4n) is 4.04. The van der Waals surface area contributed by atoms with E-state index in [0.717, 1.165) is 5.92 Å². The summed E-state index contributed by atoms with van der Waals surface area (Å²) < 4.78 is 0. The van der Waals surface area contributed by atoms with Gasteiger partial charge in [0.2, 0.25) is 0 Å². The zero-order valence-corrected chi connectivity index (χ0v) is 18.4. The average Bonchev–Trinajstić information content (AvgIpc) is 2.63. The number of hydrogen-bond donors (Lipinski definition) is 0. The van der Waals surface area contributed by atoms with Gasteiger partial charge in [0, 0.05) is 0 Å². The highest BCUT2D eigenvalue weighted by molar-refractivity contribution is 4.59. The molecule has 1 unspecified atom stereocenters. The van der Waals surface area contributed by atoms with Crippen molar-refractivity contribution >= 4 is 0 Å². The Kier molecular flexibility index (Phi) is 22.0. The van der Waals surface area contributed by atoms with Crippen molar-refractivity contribution in [2.45, 2.75) is 156 Å². The summed E-state index contributed by atoms with van der Waals surface area (Å²) >= 11 is 0. The maximum atomic E-state index is 2.40. The van der Waals surface area contributed by atoms with E-state index in [0.29, 0.717) is 0 Å². The molecule has 1 atom stereocenters. The minimum atomic E-state index is 1.02. The molecule has 0 heteroatoms. The Morgan fingerprint density at radius 2 is 0.640 bits per heavy atom. The monoisotopic (exact) mass is 352 g/mol. The van der Waals surface area contributed by atoms with Gasteiger partial charge in [0.25, 0.3) is 0 Å². The maximum absolute atomic E-state index is 2.40. The Morgan fingerprint density at radius 1 is 0.360 bits per heavy atom. The molecule has 0 aliphatic carbocycles. The van der Waals surface area contributed by atoms with E-state index in [-0.39, 0.29) is 0 Å². The largest absolute Gasteiger partial charge is 0.0654 e. The fourth-order valence-corrected chi connectivity index (χ4v) is 4.04. The number of hydrogen-bond acceptors (Lipinski definition) is 0. The molecular formula is C25H52. The summed E-state index contributed by atoms with van der Waals surface area (Å²) in [5, 5.41) is 0. The molecule has 0 radical (unpaired) electrons. The van der Waals surface area contributed by atoms with Gasteiger partial charge in [0.15, 0.2) is 0 Å². The highest BCUT2D eigenvalue weighted by Crippen LogP contribution is 2.21. The molecule has 0 aromatic carbocycles. The van der Waals surface area contributed by atoms with Gasteiger partial charge in [-0.25, -0.2) is 0 Å². The first-order valence-electron chi connectivity index (χ1n) is 12.3. The van der Waals surface area contributed by atoms with E-state index in [1.165, 1.54) is 135 Å². The number of rotatable bonds is 21. The lowest BCUT2D eigenvalue weighted by molar-refractivity contribution is 0.393. The topological polar surface area (TPSA) is 0 Å². The molecule has 0 fully saturated rings. The molecule has 0 N–H and O–H groups in total. The first-order chi connectivity index (χ1) is 12.3. The van der Waals surface area contributed by atoms with Crippen LogP contribution in [0.1, 0.15) is 156 Å². The summed E-state index contributed by atoms with van der Waals surface area (Å²) in [5.74, 6) is 1.02. The molecule has 0 aromatic rings. The van der Waals surface area contributed by atoms with Gasteiger partial charge >= 0.3 is 0 Å². The molecule has 0 heterocycles. The van der Waals surface area contributed by atoms with Crippen molar-refractivity contribution in [1.82, 2.24) is 0 Å². The first kappa shape index (κ1) is 25.0. The lowest BCUT2D eigenvalue weighted by Gasteiger charge is -2.14. The van der Waals surface area contributed by atoms with E-state index in [9.17, 15) is 0 Å². The van der Waals surface area contributed by atoms with E-state index in [1.54, 1.807) is 0 Å². The average molecular weight is 353 g/mol. The van der Waals surface area contributed by atoms with Crippen LogP contribution in [0.5, 0.6) is 0 Å². The molecule has 0 rings (SSSR count). The van der Waals surface area contributed by atoms with Gasteiger partial charge in [-0.2, -0.15) is 0 Å². The van der Waals surface area contributed by atoms with Crippen molar-refractivity contribution in [3.63, 3.8) is 0 Å². The third-order valence-corrected chi connectivity index (χ3v) is 6.01. The van der Waals surface area contributed by atoms with Gasteiger partial charge in [0.05, 0.1) is 0 Å². The Morgan fingerprint density at radius 3 is 0.960 bits per heavy atom. The van der Waals surface area contributed by atoms with Gasteiger partial charge in [0.1, 0.15) is 0 Å². The molecule has 0 aromatic heterocycles. The molecular weight excluding hydrogens is 300 g/mol. The Hall–Kier alpha value is 0. The van der Waals surface area contributed by atoms with E-state index >= 15 is 0 Å². The molecule has 0 saturated heterocycles. The molecule has 152 valence electrons. The van der Waals surface area contributed by atoms with Gasteiger partial charge < -0.3 is 0 Å². The van der Waals surface area contributed by atoms with Crippen molar-refractivity contribution in [3.05, 3.63) is 0 Å². The van der Waals surface area contributed by atoms with Crippen LogP contribution in [0.25, 0.3) is 0 Å². The SMILES string of the molecule is CCCCCCCCCCCCCCCCC(CC)CCCCCC. The summed E-state index contributed by atoms with van der Waals surface area (Å²) in [4.78, 5) is 0. The first-order valence-corrected chi connectivity index (χ1v) is 12.3. The van der Waals surface area contributed by atoms with Crippen LogP contribution in [-0.4, -0.2) is 0 Å². The van der Waals surface area contributed by atoms with E-state index in [1.807, 2.05) is 0 Å². The molecule has 0 saturated carbocycles. The zero-order chi connectivity index (χ0) is 18.4. The molecule has 0 spiro atoms. The van der Waals surface area contributed by atoms with Crippen LogP contribution < -0.4 is 0 Å². The summed E-state index contributed by atoms with van der Waals surface area (Å²) in [6.07, 6.45) is 30.8. The minimum absolute atomic E-state index is 1.02. The van der Waals surface area contributed by atoms with Crippen LogP contribution in [0.2, 0.25) is 0 Å². The highest BCUT2D eigenvalue weighted by Gasteiger charge is 2.05. The van der Waals surface area contributed by atoms with Crippen LogP contribution in [0, 0.1) is 5.92 Å². The predicted octanol–water partition coefficient (Wildman–Crippen LogP) is 9.85. The molecule has 0 aliphatic rings. The van der Waals surface area contributed by atoms with Gasteiger partial charge in [-0.1, -0.05) is 156 Å². The second kappa shape index (κ2) is 22.0. The van der Waals surface area contributed by atoms with E-state index < -0.39 is 0 Å². The second-order valence-corrected chi connectivity index (χ2v) is 8.51. The van der Waals surface area contributed by atoms with Gasteiger partial charge in [-0.15, -0.1) is 0 Å².